The summed E-state index contributed by atoms with van der Waals surface area (Å²) >= 11 is 1.30. The minimum atomic E-state index is -3.23. The Hall–Kier alpha value is -2.59. The van der Waals surface area contributed by atoms with E-state index >= 15 is 0 Å². The van der Waals surface area contributed by atoms with Gasteiger partial charge in [0.2, 0.25) is 5.91 Å². The number of aromatic nitrogens is 3. The van der Waals surface area contributed by atoms with E-state index in [4.69, 9.17) is 4.52 Å². The minimum Gasteiger partial charge on any atom is -0.355 e. The van der Waals surface area contributed by atoms with Gasteiger partial charge in [0, 0.05) is 31.3 Å². The van der Waals surface area contributed by atoms with Crippen molar-refractivity contribution < 1.29 is 17.7 Å². The minimum absolute atomic E-state index is 0.0445. The van der Waals surface area contributed by atoms with Crippen molar-refractivity contribution in [1.82, 2.24) is 19.6 Å². The summed E-state index contributed by atoms with van der Waals surface area (Å²) in [6.07, 6.45) is 3.05. The van der Waals surface area contributed by atoms with Gasteiger partial charge in [-0.2, -0.15) is 0 Å². The fourth-order valence-electron chi connectivity index (χ4n) is 3.65. The van der Waals surface area contributed by atoms with Crippen LogP contribution >= 0.6 is 11.5 Å². The average molecular weight is 447 g/mol. The number of amides is 1. The molecule has 1 aromatic carbocycles. The van der Waals surface area contributed by atoms with E-state index in [1.54, 1.807) is 24.3 Å². The summed E-state index contributed by atoms with van der Waals surface area (Å²) in [5, 5.41) is 8.26. The molecule has 0 unspecified atom stereocenters. The van der Waals surface area contributed by atoms with Gasteiger partial charge in [-0.3, -0.25) is 4.79 Å². The van der Waals surface area contributed by atoms with Gasteiger partial charge < -0.3 is 9.42 Å². The molecule has 1 aliphatic rings. The lowest BCUT2D eigenvalue weighted by molar-refractivity contribution is -0.131. The topological polar surface area (TPSA) is 106 Å². The van der Waals surface area contributed by atoms with Gasteiger partial charge in [-0.05, 0) is 49.0 Å². The summed E-state index contributed by atoms with van der Waals surface area (Å²) < 4.78 is 32.6. The molecule has 2 aromatic heterocycles. The summed E-state index contributed by atoms with van der Waals surface area (Å²) in [4.78, 5) is 15.7. The number of rotatable bonds is 5. The Morgan fingerprint density at radius 3 is 2.53 bits per heavy atom. The molecular formula is C20H22N4O4S2. The number of nitrogens with zero attached hydrogens (tertiary/aromatic N) is 4. The first-order valence-corrected chi connectivity index (χ1v) is 12.3. The lowest BCUT2D eigenvalue weighted by Crippen LogP contribution is -2.38. The largest absolute Gasteiger partial charge is 0.355 e. The number of hydrogen-bond acceptors (Lipinski definition) is 8. The summed E-state index contributed by atoms with van der Waals surface area (Å²) in [7, 11) is -3.23. The molecule has 4 rings (SSSR count). The van der Waals surface area contributed by atoms with E-state index in [0.717, 1.165) is 34.7 Å². The second-order valence-corrected chi connectivity index (χ2v) is 10.3. The third kappa shape index (κ3) is 4.44. The van der Waals surface area contributed by atoms with Gasteiger partial charge in [-0.25, -0.2) is 8.42 Å². The van der Waals surface area contributed by atoms with E-state index < -0.39 is 9.84 Å². The molecule has 158 valence electrons. The van der Waals surface area contributed by atoms with E-state index in [0.29, 0.717) is 18.8 Å². The van der Waals surface area contributed by atoms with Gasteiger partial charge in [0.25, 0.3) is 0 Å². The second kappa shape index (κ2) is 8.27. The molecule has 1 fully saturated rings. The van der Waals surface area contributed by atoms with Crippen LogP contribution in [0.2, 0.25) is 0 Å². The van der Waals surface area contributed by atoms with Gasteiger partial charge in [0.1, 0.15) is 4.88 Å². The van der Waals surface area contributed by atoms with Crippen molar-refractivity contribution in [1.29, 1.82) is 0 Å². The third-order valence-electron chi connectivity index (χ3n) is 5.31. The molecule has 30 heavy (non-hydrogen) atoms. The molecule has 0 aliphatic carbocycles. The van der Waals surface area contributed by atoms with E-state index in [9.17, 15) is 13.2 Å². The summed E-state index contributed by atoms with van der Waals surface area (Å²) in [6, 6.07) is 8.38. The Morgan fingerprint density at radius 2 is 1.93 bits per heavy atom. The Morgan fingerprint density at radius 1 is 1.23 bits per heavy atom. The zero-order chi connectivity index (χ0) is 21.3. The number of carbonyl (C=O) groups excluding carboxylic acids is 1. The number of hydrogen-bond donors (Lipinski definition) is 0. The van der Waals surface area contributed by atoms with Crippen LogP contribution in [0.5, 0.6) is 0 Å². The van der Waals surface area contributed by atoms with Gasteiger partial charge >= 0.3 is 0 Å². The smallest absolute Gasteiger partial charge is 0.226 e. The molecular weight excluding hydrogens is 424 g/mol. The van der Waals surface area contributed by atoms with Crippen LogP contribution in [0.1, 0.15) is 35.7 Å². The molecule has 0 saturated carbocycles. The average Bonchev–Trinajstić information content (AvgIpc) is 3.36. The third-order valence-corrected chi connectivity index (χ3v) is 7.19. The molecule has 3 heterocycles. The maximum Gasteiger partial charge on any atom is 0.226 e. The number of benzene rings is 1. The number of piperidine rings is 1. The monoisotopic (exact) mass is 446 g/mol. The van der Waals surface area contributed by atoms with Gasteiger partial charge in [0.15, 0.2) is 15.6 Å². The van der Waals surface area contributed by atoms with Gasteiger partial charge in [-0.15, -0.1) is 5.10 Å². The Balaban J connectivity index is 1.37. The summed E-state index contributed by atoms with van der Waals surface area (Å²) in [6.45, 7) is 3.18. The van der Waals surface area contributed by atoms with Crippen LogP contribution in [0.4, 0.5) is 0 Å². The van der Waals surface area contributed by atoms with Crippen molar-refractivity contribution in [3.8, 4) is 10.6 Å². The molecule has 3 aromatic rings. The van der Waals surface area contributed by atoms with Crippen molar-refractivity contribution in [2.75, 3.05) is 19.3 Å². The predicted octanol–water partition coefficient (Wildman–Crippen LogP) is 2.85. The highest BCUT2D eigenvalue weighted by atomic mass is 32.2. The van der Waals surface area contributed by atoms with Gasteiger partial charge in [-0.1, -0.05) is 21.8 Å². The molecule has 1 aliphatic heterocycles. The van der Waals surface area contributed by atoms with Crippen molar-refractivity contribution in [3.05, 3.63) is 47.3 Å². The number of carbonyl (C=O) groups is 1. The predicted molar refractivity (Wildman–Crippen MR) is 112 cm³/mol. The fraction of sp³-hybridized carbons (Fsp3) is 0.400. The molecule has 0 N–H and O–H groups in total. The van der Waals surface area contributed by atoms with E-state index in [1.165, 1.54) is 17.8 Å². The van der Waals surface area contributed by atoms with Crippen LogP contribution in [-0.4, -0.2) is 53.3 Å². The maximum atomic E-state index is 12.7. The molecule has 0 radical (unpaired) electrons. The van der Waals surface area contributed by atoms with Crippen LogP contribution in [0.3, 0.4) is 0 Å². The Kier molecular flexibility index (Phi) is 5.70. The number of sulfone groups is 1. The number of likely N-dealkylation sites (tertiary alicyclic amines) is 1. The van der Waals surface area contributed by atoms with Crippen LogP contribution in [0.15, 0.2) is 39.8 Å². The fourth-order valence-corrected chi connectivity index (χ4v) is 4.98. The molecule has 1 saturated heterocycles. The lowest BCUT2D eigenvalue weighted by Gasteiger charge is -2.31. The van der Waals surface area contributed by atoms with E-state index in [-0.39, 0.29) is 23.1 Å². The van der Waals surface area contributed by atoms with Crippen LogP contribution in [0, 0.1) is 6.92 Å². The lowest BCUT2D eigenvalue weighted by atomic mass is 9.92. The van der Waals surface area contributed by atoms with Crippen molar-refractivity contribution in [2.24, 2.45) is 0 Å². The van der Waals surface area contributed by atoms with E-state index in [1.807, 2.05) is 17.9 Å². The highest BCUT2D eigenvalue weighted by Crippen LogP contribution is 2.36. The Bertz CT molecular complexity index is 1140. The SMILES string of the molecule is Cc1cc(-c2snnc2C2CCN(C(=O)Cc3ccc(S(C)(=O)=O)cc3)CC2)on1. The van der Waals surface area contributed by atoms with Crippen molar-refractivity contribution >= 4 is 27.3 Å². The molecule has 10 heteroatoms. The van der Waals surface area contributed by atoms with Crippen LogP contribution in [-0.2, 0) is 21.1 Å². The zero-order valence-corrected chi connectivity index (χ0v) is 18.4. The zero-order valence-electron chi connectivity index (χ0n) is 16.7. The van der Waals surface area contributed by atoms with Gasteiger partial charge in [0.05, 0.1) is 22.7 Å². The quantitative estimate of drug-likeness (QED) is 0.593. The standard InChI is InChI=1S/C20H22N4O4S2/c1-13-11-17(28-22-13)20-19(21-23-29-20)15-7-9-24(10-8-15)18(25)12-14-3-5-16(6-4-14)30(2,26)27/h3-6,11,15H,7-10,12H2,1-2H3. The highest BCUT2D eigenvalue weighted by Gasteiger charge is 2.29. The first-order valence-electron chi connectivity index (χ1n) is 9.64. The highest BCUT2D eigenvalue weighted by molar-refractivity contribution is 7.90. The van der Waals surface area contributed by atoms with Crippen LogP contribution < -0.4 is 0 Å². The van der Waals surface area contributed by atoms with E-state index in [2.05, 4.69) is 14.7 Å². The molecule has 0 atom stereocenters. The van der Waals surface area contributed by atoms with Crippen molar-refractivity contribution in [2.45, 2.75) is 37.0 Å². The molecule has 0 spiro atoms. The second-order valence-electron chi connectivity index (χ2n) is 7.57. The normalized spacial score (nSPS) is 15.5. The first kappa shape index (κ1) is 20.7. The number of aryl methyl sites for hydroxylation is 1. The first-order chi connectivity index (χ1) is 14.3. The molecule has 0 bridgehead atoms. The maximum absolute atomic E-state index is 12.7. The molecule has 8 nitrogen and oxygen atoms in total. The molecule has 1 amide bonds. The summed E-state index contributed by atoms with van der Waals surface area (Å²) in [5.41, 5.74) is 2.54. The Labute approximate surface area is 179 Å². The van der Waals surface area contributed by atoms with Crippen molar-refractivity contribution in [3.63, 3.8) is 0 Å². The van der Waals surface area contributed by atoms with Crippen LogP contribution in [0.25, 0.3) is 10.6 Å². The summed E-state index contributed by atoms with van der Waals surface area (Å²) in [5.74, 6) is 0.957.